The van der Waals surface area contributed by atoms with Gasteiger partial charge in [-0.1, -0.05) is 0 Å². The van der Waals surface area contributed by atoms with Gasteiger partial charge in [0.15, 0.2) is 11.5 Å². The van der Waals surface area contributed by atoms with Crippen LogP contribution in [0.2, 0.25) is 0 Å². The molecule has 0 spiro atoms. The van der Waals surface area contributed by atoms with Gasteiger partial charge in [-0.3, -0.25) is 0 Å². The Morgan fingerprint density at radius 3 is 2.35 bits per heavy atom. The van der Waals surface area contributed by atoms with Crippen LogP contribution in [-0.2, 0) is 0 Å². The molecule has 0 fully saturated rings. The lowest BCUT2D eigenvalue weighted by Gasteiger charge is -2.15. The van der Waals surface area contributed by atoms with Crippen molar-refractivity contribution in [3.63, 3.8) is 0 Å². The maximum Gasteiger partial charge on any atom is 0.573 e. The van der Waals surface area contributed by atoms with E-state index in [2.05, 4.69) is 30.4 Å². The Kier molecular flexibility index (Phi) is 4.12. The molecule has 96 valence electrons. The molecule has 0 aliphatic rings. The summed E-state index contributed by atoms with van der Waals surface area (Å²) in [4.78, 5) is 3.41. The highest BCUT2D eigenvalue weighted by atomic mass is 79.9. The second-order valence-corrected chi connectivity index (χ2v) is 3.46. The van der Waals surface area contributed by atoms with Gasteiger partial charge in [-0.15, -0.1) is 13.2 Å². The number of hydrogen-bond acceptors (Lipinski definition) is 3. The van der Waals surface area contributed by atoms with Crippen LogP contribution in [-0.4, -0.2) is 18.5 Å². The van der Waals surface area contributed by atoms with Gasteiger partial charge in [-0.25, -0.2) is 13.8 Å². The summed E-state index contributed by atoms with van der Waals surface area (Å²) in [6.07, 6.45) is -7.73. The zero-order chi connectivity index (χ0) is 13.2. The highest BCUT2D eigenvalue weighted by Gasteiger charge is 2.35. The zero-order valence-electron chi connectivity index (χ0n) is 8.19. The molecule has 3 nitrogen and oxygen atoms in total. The lowest BCUT2D eigenvalue weighted by molar-refractivity contribution is -0.275. The van der Waals surface area contributed by atoms with Crippen molar-refractivity contribution in [3.05, 3.63) is 16.4 Å². The van der Waals surface area contributed by atoms with Gasteiger partial charge >= 0.3 is 6.36 Å². The fraction of sp³-hybridized carbons (Fsp3) is 0.375. The number of nitrogens with zero attached hydrogens (tertiary/aromatic N) is 1. The lowest BCUT2D eigenvalue weighted by Crippen LogP contribution is -2.18. The Balaban J connectivity index is 3.30. The fourth-order valence-electron chi connectivity index (χ4n) is 1.07. The first-order valence-corrected chi connectivity index (χ1v) is 4.82. The van der Waals surface area contributed by atoms with Gasteiger partial charge in [-0.05, 0) is 15.9 Å². The summed E-state index contributed by atoms with van der Waals surface area (Å²) >= 11 is 2.78. The molecular weight excluding hydrogens is 317 g/mol. The smallest absolute Gasteiger partial charge is 0.493 e. The molecule has 0 aromatic carbocycles. The summed E-state index contributed by atoms with van der Waals surface area (Å²) in [5.41, 5.74) is -1.01. The second kappa shape index (κ2) is 5.03. The molecule has 0 radical (unpaired) electrons. The third kappa shape index (κ3) is 3.42. The molecule has 0 N–H and O–H groups in total. The molecule has 0 amide bonds. The van der Waals surface area contributed by atoms with Crippen molar-refractivity contribution >= 4 is 15.9 Å². The fourth-order valence-corrected chi connectivity index (χ4v) is 1.55. The predicted octanol–water partition coefficient (Wildman–Crippen LogP) is 3.69. The number of aromatic nitrogens is 1. The number of pyridine rings is 1. The molecule has 0 aliphatic heterocycles. The van der Waals surface area contributed by atoms with Gasteiger partial charge in [-0.2, -0.15) is 0 Å². The van der Waals surface area contributed by atoms with Crippen LogP contribution in [0.25, 0.3) is 0 Å². The van der Waals surface area contributed by atoms with Crippen molar-refractivity contribution in [3.8, 4) is 11.5 Å². The molecule has 17 heavy (non-hydrogen) atoms. The van der Waals surface area contributed by atoms with Crippen LogP contribution in [0.1, 0.15) is 12.0 Å². The van der Waals surface area contributed by atoms with Crippen molar-refractivity contribution < 1.29 is 31.4 Å². The van der Waals surface area contributed by atoms with Crippen LogP contribution in [0.5, 0.6) is 11.5 Å². The molecule has 0 saturated carbocycles. The van der Waals surface area contributed by atoms with E-state index >= 15 is 0 Å². The van der Waals surface area contributed by atoms with E-state index in [0.717, 1.165) is 7.11 Å². The predicted molar refractivity (Wildman–Crippen MR) is 50.1 cm³/mol. The lowest BCUT2D eigenvalue weighted by atomic mass is 10.2. The molecule has 1 aromatic heterocycles. The molecular formula is C8H5BrF5NO2. The van der Waals surface area contributed by atoms with Crippen molar-refractivity contribution in [2.45, 2.75) is 12.8 Å². The Morgan fingerprint density at radius 1 is 1.35 bits per heavy atom. The van der Waals surface area contributed by atoms with E-state index < -0.39 is 29.9 Å². The molecule has 0 unspecified atom stereocenters. The average molecular weight is 322 g/mol. The standard InChI is InChI=1S/C8H5BrF5NO2/c1-16-5-4(7(10)11)3(2-15-6(5)9)17-8(12,13)14/h2,7H,1H3. The van der Waals surface area contributed by atoms with E-state index in [4.69, 9.17) is 0 Å². The van der Waals surface area contributed by atoms with Crippen LogP contribution >= 0.6 is 15.9 Å². The van der Waals surface area contributed by atoms with E-state index in [1.807, 2.05) is 0 Å². The van der Waals surface area contributed by atoms with Crippen molar-refractivity contribution in [2.24, 2.45) is 0 Å². The van der Waals surface area contributed by atoms with Gasteiger partial charge in [0.05, 0.1) is 13.3 Å². The third-order valence-corrected chi connectivity index (χ3v) is 2.21. The van der Waals surface area contributed by atoms with Crippen molar-refractivity contribution in [2.75, 3.05) is 7.11 Å². The second-order valence-electron chi connectivity index (χ2n) is 2.71. The van der Waals surface area contributed by atoms with Crippen LogP contribution < -0.4 is 9.47 Å². The summed E-state index contributed by atoms with van der Waals surface area (Å²) < 4.78 is 69.1. The van der Waals surface area contributed by atoms with E-state index in [1.165, 1.54) is 0 Å². The third-order valence-electron chi connectivity index (χ3n) is 1.64. The number of methoxy groups -OCH3 is 1. The Labute approximate surface area is 101 Å². The van der Waals surface area contributed by atoms with Gasteiger partial charge < -0.3 is 9.47 Å². The minimum Gasteiger partial charge on any atom is -0.493 e. The molecule has 0 bridgehead atoms. The quantitative estimate of drug-likeness (QED) is 0.628. The molecule has 0 saturated heterocycles. The number of alkyl halides is 5. The first-order valence-electron chi connectivity index (χ1n) is 4.02. The number of rotatable bonds is 3. The Hall–Kier alpha value is -1.12. The Bertz CT molecular complexity index is 410. The maximum atomic E-state index is 12.7. The summed E-state index contributed by atoms with van der Waals surface area (Å²) in [6, 6.07) is 0. The largest absolute Gasteiger partial charge is 0.573 e. The van der Waals surface area contributed by atoms with Crippen LogP contribution in [0, 0.1) is 0 Å². The summed E-state index contributed by atoms with van der Waals surface area (Å²) in [7, 11) is 1.03. The van der Waals surface area contributed by atoms with Gasteiger partial charge in [0.1, 0.15) is 10.2 Å². The molecule has 1 heterocycles. The number of hydrogen-bond donors (Lipinski definition) is 0. The minimum absolute atomic E-state index is 0.134. The molecule has 9 heteroatoms. The molecule has 0 aliphatic carbocycles. The average Bonchev–Trinajstić information content (AvgIpc) is 2.17. The van der Waals surface area contributed by atoms with Gasteiger partial charge in [0, 0.05) is 0 Å². The summed E-state index contributed by atoms with van der Waals surface area (Å²) in [5.74, 6) is -1.59. The zero-order valence-corrected chi connectivity index (χ0v) is 9.77. The maximum absolute atomic E-state index is 12.7. The van der Waals surface area contributed by atoms with Crippen LogP contribution in [0.4, 0.5) is 22.0 Å². The van der Waals surface area contributed by atoms with E-state index in [1.54, 1.807) is 0 Å². The highest BCUT2D eigenvalue weighted by molar-refractivity contribution is 9.10. The van der Waals surface area contributed by atoms with E-state index in [9.17, 15) is 22.0 Å². The van der Waals surface area contributed by atoms with E-state index in [-0.39, 0.29) is 4.60 Å². The summed E-state index contributed by atoms with van der Waals surface area (Å²) in [5, 5.41) is 0. The highest BCUT2D eigenvalue weighted by Crippen LogP contribution is 2.41. The van der Waals surface area contributed by atoms with Crippen LogP contribution in [0.15, 0.2) is 10.8 Å². The van der Waals surface area contributed by atoms with Gasteiger partial charge in [0.2, 0.25) is 0 Å². The minimum atomic E-state index is -5.08. The first kappa shape index (κ1) is 13.9. The number of halogens is 6. The summed E-state index contributed by atoms with van der Waals surface area (Å²) in [6.45, 7) is 0. The van der Waals surface area contributed by atoms with Gasteiger partial charge in [0.25, 0.3) is 6.43 Å². The molecule has 1 aromatic rings. The SMILES string of the molecule is COc1c(Br)ncc(OC(F)(F)F)c1C(F)F. The van der Waals surface area contributed by atoms with E-state index in [0.29, 0.717) is 6.20 Å². The molecule has 1 rings (SSSR count). The van der Waals surface area contributed by atoms with Crippen molar-refractivity contribution in [1.82, 2.24) is 4.98 Å². The Morgan fingerprint density at radius 2 is 1.94 bits per heavy atom. The topological polar surface area (TPSA) is 31.4 Å². The molecule has 0 atom stereocenters. The van der Waals surface area contributed by atoms with Crippen LogP contribution in [0.3, 0.4) is 0 Å². The normalized spacial score (nSPS) is 11.8. The van der Waals surface area contributed by atoms with Crippen molar-refractivity contribution in [1.29, 1.82) is 0 Å². The monoisotopic (exact) mass is 321 g/mol. The number of ether oxygens (including phenoxy) is 2. The first-order chi connectivity index (χ1) is 7.76.